The van der Waals surface area contributed by atoms with E-state index in [1.54, 1.807) is 0 Å². The SMILES string of the molecule is CCc1nn(Cc2ccc(C)nc2O)c2ccc[c]c12. The van der Waals surface area contributed by atoms with E-state index in [1.165, 1.54) is 0 Å². The molecule has 2 aromatic heterocycles. The van der Waals surface area contributed by atoms with Crippen LogP contribution in [-0.2, 0) is 13.0 Å². The fourth-order valence-corrected chi connectivity index (χ4v) is 2.35. The van der Waals surface area contributed by atoms with Crippen molar-refractivity contribution in [2.24, 2.45) is 0 Å². The van der Waals surface area contributed by atoms with Gasteiger partial charge in [-0.1, -0.05) is 19.1 Å². The van der Waals surface area contributed by atoms with Crippen LogP contribution in [0.15, 0.2) is 30.3 Å². The molecule has 0 saturated heterocycles. The summed E-state index contributed by atoms with van der Waals surface area (Å²) in [6.45, 7) is 4.45. The Bertz CT molecular complexity index is 762. The number of rotatable bonds is 3. The van der Waals surface area contributed by atoms with Gasteiger partial charge in [-0.25, -0.2) is 4.98 Å². The summed E-state index contributed by atoms with van der Waals surface area (Å²) in [6, 6.07) is 12.9. The van der Waals surface area contributed by atoms with E-state index in [0.717, 1.165) is 34.3 Å². The number of hydrogen-bond acceptors (Lipinski definition) is 3. The van der Waals surface area contributed by atoms with Crippen molar-refractivity contribution >= 4 is 10.9 Å². The van der Waals surface area contributed by atoms with Crippen molar-refractivity contribution in [2.45, 2.75) is 26.8 Å². The molecular weight excluding hydrogens is 250 g/mol. The molecule has 0 unspecified atom stereocenters. The smallest absolute Gasteiger partial charge is 0.216 e. The Kier molecular flexibility index (Phi) is 3.14. The first-order valence-electron chi connectivity index (χ1n) is 6.70. The predicted molar refractivity (Wildman–Crippen MR) is 77.7 cm³/mol. The minimum atomic E-state index is 0.0756. The fourth-order valence-electron chi connectivity index (χ4n) is 2.35. The minimum Gasteiger partial charge on any atom is -0.493 e. The van der Waals surface area contributed by atoms with Gasteiger partial charge in [-0.05, 0) is 37.6 Å². The van der Waals surface area contributed by atoms with Gasteiger partial charge >= 0.3 is 0 Å². The van der Waals surface area contributed by atoms with E-state index in [-0.39, 0.29) is 5.88 Å². The Balaban J connectivity index is 2.06. The molecule has 1 aromatic carbocycles. The van der Waals surface area contributed by atoms with E-state index in [4.69, 9.17) is 0 Å². The van der Waals surface area contributed by atoms with Gasteiger partial charge in [0.05, 0.1) is 17.8 Å². The molecule has 1 N–H and O–H groups in total. The number of aromatic nitrogens is 3. The molecule has 0 aliphatic carbocycles. The van der Waals surface area contributed by atoms with Crippen molar-refractivity contribution in [1.82, 2.24) is 14.8 Å². The van der Waals surface area contributed by atoms with E-state index < -0.39 is 0 Å². The summed E-state index contributed by atoms with van der Waals surface area (Å²) in [7, 11) is 0. The Hall–Kier alpha value is -2.36. The number of aryl methyl sites for hydroxylation is 2. The van der Waals surface area contributed by atoms with Gasteiger partial charge in [-0.2, -0.15) is 5.10 Å². The zero-order valence-corrected chi connectivity index (χ0v) is 11.6. The molecule has 0 atom stereocenters. The largest absolute Gasteiger partial charge is 0.493 e. The van der Waals surface area contributed by atoms with Crippen molar-refractivity contribution < 1.29 is 5.11 Å². The zero-order chi connectivity index (χ0) is 14.1. The Morgan fingerprint density at radius 2 is 2.15 bits per heavy atom. The molecule has 0 aliphatic rings. The van der Waals surface area contributed by atoms with E-state index in [9.17, 15) is 5.11 Å². The second-order valence-electron chi connectivity index (χ2n) is 4.82. The first-order chi connectivity index (χ1) is 9.69. The van der Waals surface area contributed by atoms with E-state index in [1.807, 2.05) is 41.9 Å². The lowest BCUT2D eigenvalue weighted by atomic mass is 10.2. The number of aromatic hydroxyl groups is 1. The molecule has 4 heteroatoms. The second-order valence-corrected chi connectivity index (χ2v) is 4.82. The lowest BCUT2D eigenvalue weighted by Crippen LogP contribution is -2.03. The highest BCUT2D eigenvalue weighted by Crippen LogP contribution is 2.21. The van der Waals surface area contributed by atoms with Crippen LogP contribution in [0.3, 0.4) is 0 Å². The quantitative estimate of drug-likeness (QED) is 0.793. The maximum absolute atomic E-state index is 9.93. The maximum Gasteiger partial charge on any atom is 0.216 e. The molecule has 0 aliphatic heterocycles. The van der Waals surface area contributed by atoms with Crippen LogP contribution in [-0.4, -0.2) is 19.9 Å². The average molecular weight is 266 g/mol. The molecule has 0 fully saturated rings. The summed E-state index contributed by atoms with van der Waals surface area (Å²) in [6.07, 6.45) is 0.863. The number of pyridine rings is 1. The maximum atomic E-state index is 9.93. The third-order valence-electron chi connectivity index (χ3n) is 3.39. The van der Waals surface area contributed by atoms with Gasteiger partial charge in [0.15, 0.2) is 0 Å². The summed E-state index contributed by atoms with van der Waals surface area (Å²) in [4.78, 5) is 4.08. The lowest BCUT2D eigenvalue weighted by molar-refractivity contribution is 0.441. The average Bonchev–Trinajstić information content (AvgIpc) is 2.80. The van der Waals surface area contributed by atoms with Crippen molar-refractivity contribution in [3.05, 3.63) is 53.3 Å². The van der Waals surface area contributed by atoms with Gasteiger partial charge in [0, 0.05) is 16.6 Å². The van der Waals surface area contributed by atoms with Gasteiger partial charge in [-0.15, -0.1) is 0 Å². The molecule has 1 radical (unpaired) electrons. The predicted octanol–water partition coefficient (Wildman–Crippen LogP) is 2.86. The van der Waals surface area contributed by atoms with Crippen molar-refractivity contribution in [3.63, 3.8) is 0 Å². The third-order valence-corrected chi connectivity index (χ3v) is 3.39. The zero-order valence-electron chi connectivity index (χ0n) is 11.6. The Morgan fingerprint density at radius 1 is 1.30 bits per heavy atom. The van der Waals surface area contributed by atoms with Crippen LogP contribution in [0.5, 0.6) is 5.88 Å². The van der Waals surface area contributed by atoms with Crippen LogP contribution >= 0.6 is 0 Å². The number of fused-ring (bicyclic) bond motifs is 1. The molecule has 0 amide bonds. The van der Waals surface area contributed by atoms with Gasteiger partial charge in [-0.3, -0.25) is 4.68 Å². The normalized spacial score (nSPS) is 11.1. The highest BCUT2D eigenvalue weighted by Gasteiger charge is 2.11. The Labute approximate surface area is 117 Å². The van der Waals surface area contributed by atoms with Crippen LogP contribution in [0.2, 0.25) is 0 Å². The summed E-state index contributed by atoms with van der Waals surface area (Å²) in [5, 5.41) is 15.6. The molecule has 0 saturated carbocycles. The van der Waals surface area contributed by atoms with Gasteiger partial charge in [0.2, 0.25) is 5.88 Å². The van der Waals surface area contributed by atoms with Crippen molar-refractivity contribution in [1.29, 1.82) is 0 Å². The molecule has 0 spiro atoms. The van der Waals surface area contributed by atoms with Gasteiger partial charge in [0.1, 0.15) is 0 Å². The molecule has 20 heavy (non-hydrogen) atoms. The van der Waals surface area contributed by atoms with Gasteiger partial charge < -0.3 is 5.11 Å². The van der Waals surface area contributed by atoms with Crippen LogP contribution < -0.4 is 0 Å². The molecule has 101 valence electrons. The standard InChI is InChI=1S/C16H16N3O/c1-3-14-13-6-4-5-7-15(13)19(18-14)10-12-9-8-11(2)17-16(12)20/h4-5,7-9H,3,10H2,1-2H3,(H,17,20). The van der Waals surface area contributed by atoms with Crippen LogP contribution in [0.25, 0.3) is 10.9 Å². The highest BCUT2D eigenvalue weighted by atomic mass is 16.3. The number of nitrogens with zero attached hydrogens (tertiary/aromatic N) is 3. The molecular formula is C16H16N3O. The topological polar surface area (TPSA) is 50.9 Å². The molecule has 0 bridgehead atoms. The molecule has 2 heterocycles. The van der Waals surface area contributed by atoms with Crippen LogP contribution in [0.4, 0.5) is 0 Å². The number of benzene rings is 1. The summed E-state index contributed by atoms with van der Waals surface area (Å²) < 4.78 is 1.90. The monoisotopic (exact) mass is 266 g/mol. The van der Waals surface area contributed by atoms with Crippen LogP contribution in [0.1, 0.15) is 23.9 Å². The van der Waals surface area contributed by atoms with Crippen molar-refractivity contribution in [3.8, 4) is 5.88 Å². The summed E-state index contributed by atoms with van der Waals surface area (Å²) in [5.41, 5.74) is 3.63. The molecule has 4 nitrogen and oxygen atoms in total. The molecule has 3 aromatic rings. The lowest BCUT2D eigenvalue weighted by Gasteiger charge is -2.06. The Morgan fingerprint density at radius 3 is 2.90 bits per heavy atom. The van der Waals surface area contributed by atoms with E-state index in [2.05, 4.69) is 23.1 Å². The first kappa shape index (κ1) is 12.7. The second kappa shape index (κ2) is 4.96. The minimum absolute atomic E-state index is 0.0756. The summed E-state index contributed by atoms with van der Waals surface area (Å²) >= 11 is 0. The van der Waals surface area contributed by atoms with Crippen molar-refractivity contribution in [2.75, 3.05) is 0 Å². The van der Waals surface area contributed by atoms with E-state index >= 15 is 0 Å². The highest BCUT2D eigenvalue weighted by molar-refractivity contribution is 5.81. The van der Waals surface area contributed by atoms with Crippen LogP contribution in [0, 0.1) is 13.0 Å². The summed E-state index contributed by atoms with van der Waals surface area (Å²) in [5.74, 6) is 0.0756. The number of hydrogen-bond donors (Lipinski definition) is 1. The third kappa shape index (κ3) is 2.13. The molecule has 3 rings (SSSR count). The fraction of sp³-hybridized carbons (Fsp3) is 0.250. The first-order valence-corrected chi connectivity index (χ1v) is 6.70. The van der Waals surface area contributed by atoms with Gasteiger partial charge in [0.25, 0.3) is 0 Å². The van der Waals surface area contributed by atoms with E-state index in [0.29, 0.717) is 6.54 Å².